The van der Waals surface area contributed by atoms with Gasteiger partial charge in [0.25, 0.3) is 5.91 Å². The summed E-state index contributed by atoms with van der Waals surface area (Å²) in [6, 6.07) is 31.9. The minimum Gasteiger partial charge on any atom is -0.345 e. The van der Waals surface area contributed by atoms with E-state index < -0.39 is 0 Å². The second kappa shape index (κ2) is 11.4. The molecule has 1 unspecified atom stereocenters. The molecule has 188 valence electrons. The second-order valence-corrected chi connectivity index (χ2v) is 9.83. The van der Waals surface area contributed by atoms with Crippen LogP contribution in [0.2, 0.25) is 0 Å². The largest absolute Gasteiger partial charge is 0.345 e. The normalized spacial score (nSPS) is 15.3. The van der Waals surface area contributed by atoms with Crippen molar-refractivity contribution in [3.05, 3.63) is 114 Å². The number of amides is 2. The lowest BCUT2D eigenvalue weighted by atomic mass is 9.94. The number of carbonyl (C=O) groups is 2. The molecule has 1 heterocycles. The Labute approximate surface area is 218 Å². The quantitative estimate of drug-likeness (QED) is 0.324. The minimum absolute atomic E-state index is 0.0128. The maximum atomic E-state index is 13.2. The molecule has 4 aromatic rings. The van der Waals surface area contributed by atoms with E-state index in [0.717, 1.165) is 38.0 Å². The van der Waals surface area contributed by atoms with Crippen molar-refractivity contribution in [2.75, 3.05) is 18.4 Å². The summed E-state index contributed by atoms with van der Waals surface area (Å²) >= 11 is 0. The fourth-order valence-corrected chi connectivity index (χ4v) is 5.15. The Balaban J connectivity index is 1.18. The van der Waals surface area contributed by atoms with E-state index in [1.807, 2.05) is 49.4 Å². The Morgan fingerprint density at radius 1 is 0.838 bits per heavy atom. The van der Waals surface area contributed by atoms with Crippen molar-refractivity contribution in [2.45, 2.75) is 32.4 Å². The summed E-state index contributed by atoms with van der Waals surface area (Å²) in [5, 5.41) is 8.65. The predicted molar refractivity (Wildman–Crippen MR) is 149 cm³/mol. The van der Waals surface area contributed by atoms with Gasteiger partial charge in [-0.2, -0.15) is 0 Å². The third kappa shape index (κ3) is 5.89. The highest BCUT2D eigenvalue weighted by atomic mass is 16.2. The van der Waals surface area contributed by atoms with Crippen molar-refractivity contribution in [1.82, 2.24) is 10.2 Å². The molecule has 0 aliphatic carbocycles. The number of nitrogens with zero attached hydrogens (tertiary/aromatic N) is 1. The molecule has 0 saturated carbocycles. The van der Waals surface area contributed by atoms with Crippen LogP contribution in [0.5, 0.6) is 0 Å². The summed E-state index contributed by atoms with van der Waals surface area (Å²) in [6.07, 6.45) is 1.60. The van der Waals surface area contributed by atoms with Gasteiger partial charge in [-0.15, -0.1) is 0 Å². The number of hydrogen-bond acceptors (Lipinski definition) is 3. The smallest absolute Gasteiger partial charge is 0.253 e. The molecule has 1 aliphatic rings. The Kier molecular flexibility index (Phi) is 7.62. The van der Waals surface area contributed by atoms with E-state index in [4.69, 9.17) is 0 Å². The molecule has 0 bridgehead atoms. The Morgan fingerprint density at radius 2 is 1.51 bits per heavy atom. The van der Waals surface area contributed by atoms with E-state index in [2.05, 4.69) is 58.0 Å². The first-order valence-corrected chi connectivity index (χ1v) is 13.0. The first-order chi connectivity index (χ1) is 18.1. The van der Waals surface area contributed by atoms with Crippen LogP contribution >= 0.6 is 0 Å². The molecular formula is C32H33N3O2. The van der Waals surface area contributed by atoms with E-state index >= 15 is 0 Å². The van der Waals surface area contributed by atoms with Crippen molar-refractivity contribution in [2.24, 2.45) is 5.92 Å². The number of nitrogens with one attached hydrogen (secondary N) is 2. The molecule has 5 nitrogen and oxygen atoms in total. The topological polar surface area (TPSA) is 61.4 Å². The molecule has 0 aromatic heterocycles. The Morgan fingerprint density at radius 3 is 2.32 bits per heavy atom. The molecule has 2 amide bonds. The van der Waals surface area contributed by atoms with Gasteiger partial charge in [0.1, 0.15) is 0 Å². The summed E-state index contributed by atoms with van der Waals surface area (Å²) in [6.45, 7) is 4.59. The number of likely N-dealkylation sites (tertiary alicyclic amines) is 1. The number of rotatable bonds is 7. The third-order valence-electron chi connectivity index (χ3n) is 7.31. The average Bonchev–Trinajstić information content (AvgIpc) is 2.94. The molecule has 5 heteroatoms. The highest BCUT2D eigenvalue weighted by Gasteiger charge is 2.26. The fourth-order valence-electron chi connectivity index (χ4n) is 5.15. The van der Waals surface area contributed by atoms with E-state index in [1.165, 1.54) is 16.3 Å². The van der Waals surface area contributed by atoms with E-state index in [0.29, 0.717) is 11.3 Å². The third-order valence-corrected chi connectivity index (χ3v) is 7.31. The van der Waals surface area contributed by atoms with E-state index in [1.54, 1.807) is 12.1 Å². The molecule has 1 atom stereocenters. The maximum absolute atomic E-state index is 13.2. The molecule has 1 fully saturated rings. The van der Waals surface area contributed by atoms with Crippen LogP contribution < -0.4 is 10.6 Å². The van der Waals surface area contributed by atoms with Crippen molar-refractivity contribution in [3.8, 4) is 0 Å². The number of para-hydroxylation sites is 1. The van der Waals surface area contributed by atoms with Crippen LogP contribution in [-0.4, -0.2) is 29.8 Å². The molecule has 0 spiro atoms. The van der Waals surface area contributed by atoms with Gasteiger partial charge in [-0.1, -0.05) is 84.9 Å². The lowest BCUT2D eigenvalue weighted by molar-refractivity contribution is -0.121. The van der Waals surface area contributed by atoms with Crippen LogP contribution in [0.15, 0.2) is 97.1 Å². The van der Waals surface area contributed by atoms with Gasteiger partial charge in [0.05, 0.1) is 17.3 Å². The molecule has 2 N–H and O–H groups in total. The monoisotopic (exact) mass is 491 g/mol. The van der Waals surface area contributed by atoms with E-state index in [-0.39, 0.29) is 23.8 Å². The summed E-state index contributed by atoms with van der Waals surface area (Å²) < 4.78 is 0. The van der Waals surface area contributed by atoms with Crippen molar-refractivity contribution in [1.29, 1.82) is 0 Å². The van der Waals surface area contributed by atoms with Crippen LogP contribution in [0.3, 0.4) is 0 Å². The summed E-state index contributed by atoms with van der Waals surface area (Å²) in [7, 11) is 0. The molecule has 5 rings (SSSR count). The number of anilines is 1. The van der Waals surface area contributed by atoms with Gasteiger partial charge in [0, 0.05) is 12.5 Å². The van der Waals surface area contributed by atoms with Crippen LogP contribution in [-0.2, 0) is 11.3 Å². The highest BCUT2D eigenvalue weighted by molar-refractivity contribution is 6.04. The minimum atomic E-state index is -0.197. The van der Waals surface area contributed by atoms with Gasteiger partial charge < -0.3 is 10.6 Å². The number of hydrogen-bond donors (Lipinski definition) is 2. The number of fused-ring (bicyclic) bond motifs is 1. The first-order valence-electron chi connectivity index (χ1n) is 13.0. The van der Waals surface area contributed by atoms with Crippen molar-refractivity contribution < 1.29 is 9.59 Å². The summed E-state index contributed by atoms with van der Waals surface area (Å²) in [5.74, 6) is -0.276. The SMILES string of the molecule is CC(NC(=O)c1ccccc1NC(=O)C1CCN(Cc2cccc3ccccc23)CC1)c1ccccc1. The maximum Gasteiger partial charge on any atom is 0.253 e. The number of benzene rings is 4. The lowest BCUT2D eigenvalue weighted by Crippen LogP contribution is -2.38. The molecule has 1 aliphatic heterocycles. The van der Waals surface area contributed by atoms with Gasteiger partial charge in [-0.3, -0.25) is 14.5 Å². The number of piperidine rings is 1. The van der Waals surface area contributed by atoms with Crippen LogP contribution in [0.25, 0.3) is 10.8 Å². The lowest BCUT2D eigenvalue weighted by Gasteiger charge is -2.31. The molecule has 4 aromatic carbocycles. The van der Waals surface area contributed by atoms with Crippen LogP contribution in [0, 0.1) is 5.92 Å². The fraction of sp³-hybridized carbons (Fsp3) is 0.250. The van der Waals surface area contributed by atoms with Gasteiger partial charge in [0.15, 0.2) is 0 Å². The van der Waals surface area contributed by atoms with Gasteiger partial charge >= 0.3 is 0 Å². The average molecular weight is 492 g/mol. The Hall–Kier alpha value is -3.96. The van der Waals surface area contributed by atoms with Crippen LogP contribution in [0.1, 0.15) is 47.3 Å². The molecule has 0 radical (unpaired) electrons. The zero-order valence-corrected chi connectivity index (χ0v) is 21.2. The predicted octanol–water partition coefficient (Wildman–Crippen LogP) is 6.18. The molecule has 37 heavy (non-hydrogen) atoms. The molecule has 1 saturated heterocycles. The summed E-state index contributed by atoms with van der Waals surface area (Å²) in [5.41, 5.74) is 3.40. The molecular weight excluding hydrogens is 458 g/mol. The standard InChI is InChI=1S/C32H33N3O2/c1-23(24-10-3-2-4-11-24)33-32(37)29-16-7-8-17-30(29)34-31(36)26-18-20-35(21-19-26)22-27-14-9-13-25-12-5-6-15-28(25)27/h2-17,23,26H,18-22H2,1H3,(H,33,37)(H,34,36). The second-order valence-electron chi connectivity index (χ2n) is 9.83. The van der Waals surface area contributed by atoms with Crippen LogP contribution in [0.4, 0.5) is 5.69 Å². The summed E-state index contributed by atoms with van der Waals surface area (Å²) in [4.78, 5) is 28.6. The first kappa shape index (κ1) is 24.7. The van der Waals surface area contributed by atoms with Gasteiger partial charge in [-0.25, -0.2) is 0 Å². The Bertz CT molecular complexity index is 1370. The zero-order valence-electron chi connectivity index (χ0n) is 21.2. The number of carbonyl (C=O) groups excluding carboxylic acids is 2. The highest BCUT2D eigenvalue weighted by Crippen LogP contribution is 2.25. The van der Waals surface area contributed by atoms with Crippen molar-refractivity contribution >= 4 is 28.3 Å². The van der Waals surface area contributed by atoms with Gasteiger partial charge in [-0.05, 0) is 66.9 Å². The zero-order chi connectivity index (χ0) is 25.6. The van der Waals surface area contributed by atoms with Gasteiger partial charge in [0.2, 0.25) is 5.91 Å². The van der Waals surface area contributed by atoms with E-state index in [9.17, 15) is 9.59 Å². The van der Waals surface area contributed by atoms with Crippen molar-refractivity contribution in [3.63, 3.8) is 0 Å².